The number of anilines is 1. The predicted octanol–water partition coefficient (Wildman–Crippen LogP) is 4.86. The number of esters is 1. The van der Waals surface area contributed by atoms with Gasteiger partial charge in [-0.15, -0.1) is 0 Å². The van der Waals surface area contributed by atoms with Crippen LogP contribution in [-0.4, -0.2) is 30.8 Å². The average molecular weight is 442 g/mol. The quantitative estimate of drug-likeness (QED) is 0.535. The number of nitrogens with zero attached hydrogens (tertiary/aromatic N) is 1. The molecule has 0 saturated carbocycles. The maximum Gasteiger partial charge on any atom is 0.339 e. The molecule has 2 N–H and O–H groups in total. The lowest BCUT2D eigenvalue weighted by molar-refractivity contribution is 0.0602. The number of urea groups is 1. The Labute approximate surface area is 185 Å². The third kappa shape index (κ3) is 5.00. The first-order valence-corrected chi connectivity index (χ1v) is 9.96. The van der Waals surface area contributed by atoms with Gasteiger partial charge in [-0.3, -0.25) is 0 Å². The number of halogens is 1. The summed E-state index contributed by atoms with van der Waals surface area (Å²) < 4.78 is 12.1. The number of benzene rings is 2. The van der Waals surface area contributed by atoms with Crippen molar-refractivity contribution in [2.45, 2.75) is 20.4 Å². The maximum absolute atomic E-state index is 12.5. The molecule has 0 aliphatic rings. The van der Waals surface area contributed by atoms with E-state index in [0.29, 0.717) is 11.6 Å². The predicted molar refractivity (Wildman–Crippen MR) is 120 cm³/mol. The minimum Gasteiger partial charge on any atom is -0.497 e. The second-order valence-corrected chi connectivity index (χ2v) is 7.36. The van der Waals surface area contributed by atoms with Crippen LogP contribution < -0.4 is 15.4 Å². The third-order valence-electron chi connectivity index (χ3n) is 4.94. The van der Waals surface area contributed by atoms with E-state index in [9.17, 15) is 9.59 Å². The van der Waals surface area contributed by atoms with Crippen LogP contribution in [0.25, 0.3) is 5.69 Å². The molecule has 0 fully saturated rings. The molecular weight excluding hydrogens is 418 g/mol. The molecule has 31 heavy (non-hydrogen) atoms. The lowest BCUT2D eigenvalue weighted by Gasteiger charge is -2.12. The average Bonchev–Trinajstić information content (AvgIpc) is 3.05. The first-order valence-electron chi connectivity index (χ1n) is 9.59. The number of nitrogens with one attached hydrogen (secondary N) is 2. The van der Waals surface area contributed by atoms with Crippen LogP contribution in [0, 0.1) is 13.8 Å². The molecule has 162 valence electrons. The molecule has 3 aromatic rings. The fourth-order valence-electron chi connectivity index (χ4n) is 3.39. The highest BCUT2D eigenvalue weighted by Gasteiger charge is 2.16. The van der Waals surface area contributed by atoms with Crippen LogP contribution in [0.3, 0.4) is 0 Å². The normalized spacial score (nSPS) is 10.5. The fourth-order valence-corrected chi connectivity index (χ4v) is 3.56. The fraction of sp³-hybridized carbons (Fsp3) is 0.217. The molecule has 0 saturated heterocycles. The van der Waals surface area contributed by atoms with Crippen molar-refractivity contribution >= 4 is 29.3 Å². The van der Waals surface area contributed by atoms with Gasteiger partial charge in [0.05, 0.1) is 25.5 Å². The van der Waals surface area contributed by atoms with Gasteiger partial charge in [0, 0.05) is 28.6 Å². The van der Waals surface area contributed by atoms with E-state index in [0.717, 1.165) is 28.4 Å². The Morgan fingerprint density at radius 1 is 1.03 bits per heavy atom. The zero-order valence-corrected chi connectivity index (χ0v) is 18.5. The van der Waals surface area contributed by atoms with Gasteiger partial charge in [0.15, 0.2) is 0 Å². The Hall–Kier alpha value is -3.45. The van der Waals surface area contributed by atoms with Gasteiger partial charge in [-0.2, -0.15) is 0 Å². The molecule has 0 unspecified atom stereocenters. The van der Waals surface area contributed by atoms with Gasteiger partial charge in [-0.1, -0.05) is 11.6 Å². The molecular formula is C23H24ClN3O4. The number of carbonyl (C=O) groups is 2. The van der Waals surface area contributed by atoms with E-state index in [-0.39, 0.29) is 11.3 Å². The molecule has 1 heterocycles. The number of hydrogen-bond donors (Lipinski definition) is 2. The van der Waals surface area contributed by atoms with Gasteiger partial charge < -0.3 is 24.7 Å². The van der Waals surface area contributed by atoms with Crippen LogP contribution in [0.1, 0.15) is 27.3 Å². The van der Waals surface area contributed by atoms with E-state index in [1.165, 1.54) is 19.2 Å². The van der Waals surface area contributed by atoms with Crippen LogP contribution in [0.15, 0.2) is 48.5 Å². The SMILES string of the molecule is COC(=O)c1ccc(Cl)cc1NC(=O)NCc1cc(C)n(-c2ccc(OC)cc2)c1C. The molecule has 8 heteroatoms. The van der Waals surface area contributed by atoms with Gasteiger partial charge >= 0.3 is 12.0 Å². The van der Waals surface area contributed by atoms with E-state index < -0.39 is 12.0 Å². The lowest BCUT2D eigenvalue weighted by Crippen LogP contribution is -2.29. The zero-order chi connectivity index (χ0) is 22.5. The highest BCUT2D eigenvalue weighted by Crippen LogP contribution is 2.24. The van der Waals surface area contributed by atoms with E-state index in [1.807, 2.05) is 44.2 Å². The van der Waals surface area contributed by atoms with Gasteiger partial charge in [0.1, 0.15) is 5.75 Å². The molecule has 0 atom stereocenters. The Morgan fingerprint density at radius 2 is 1.74 bits per heavy atom. The summed E-state index contributed by atoms with van der Waals surface area (Å²) in [5, 5.41) is 5.88. The third-order valence-corrected chi connectivity index (χ3v) is 5.18. The van der Waals surface area contributed by atoms with Crippen LogP contribution in [0.2, 0.25) is 5.02 Å². The summed E-state index contributed by atoms with van der Waals surface area (Å²) in [6.45, 7) is 4.32. The number of ether oxygens (including phenoxy) is 2. The van der Waals surface area contributed by atoms with Gasteiger partial charge in [0.25, 0.3) is 0 Å². The molecule has 0 radical (unpaired) electrons. The summed E-state index contributed by atoms with van der Waals surface area (Å²) in [6.07, 6.45) is 0. The first-order chi connectivity index (χ1) is 14.8. The Balaban J connectivity index is 1.73. The number of amides is 2. The van der Waals surface area contributed by atoms with Gasteiger partial charge in [-0.25, -0.2) is 9.59 Å². The molecule has 3 rings (SSSR count). The van der Waals surface area contributed by atoms with Crippen LogP contribution in [-0.2, 0) is 11.3 Å². The van der Waals surface area contributed by atoms with Crippen LogP contribution in [0.5, 0.6) is 5.75 Å². The number of aryl methyl sites for hydroxylation is 1. The van der Waals surface area contributed by atoms with E-state index in [4.69, 9.17) is 21.1 Å². The molecule has 2 aromatic carbocycles. The Morgan fingerprint density at radius 3 is 2.39 bits per heavy atom. The summed E-state index contributed by atoms with van der Waals surface area (Å²) in [6, 6.07) is 13.9. The smallest absolute Gasteiger partial charge is 0.339 e. The highest BCUT2D eigenvalue weighted by molar-refractivity contribution is 6.31. The lowest BCUT2D eigenvalue weighted by atomic mass is 10.2. The largest absolute Gasteiger partial charge is 0.497 e. The maximum atomic E-state index is 12.5. The molecule has 2 amide bonds. The van der Waals surface area contributed by atoms with Crippen molar-refractivity contribution in [3.63, 3.8) is 0 Å². The van der Waals surface area contributed by atoms with Gasteiger partial charge in [0.2, 0.25) is 0 Å². The van der Waals surface area contributed by atoms with Crippen molar-refractivity contribution in [2.75, 3.05) is 19.5 Å². The standard InChI is InChI=1S/C23H24ClN3O4/c1-14-11-16(15(2)27(14)18-6-8-19(30-3)9-7-18)13-25-23(29)26-21-12-17(24)5-10-20(21)22(28)31-4/h5-12H,13H2,1-4H3,(H2,25,26,29). The summed E-state index contributed by atoms with van der Waals surface area (Å²) in [5.74, 6) is 0.229. The highest BCUT2D eigenvalue weighted by atomic mass is 35.5. The van der Waals surface area contributed by atoms with Crippen LogP contribution >= 0.6 is 11.6 Å². The van der Waals surface area contributed by atoms with Crippen molar-refractivity contribution in [3.8, 4) is 11.4 Å². The molecule has 0 aliphatic carbocycles. The number of aromatic nitrogens is 1. The topological polar surface area (TPSA) is 81.6 Å². The van der Waals surface area contributed by atoms with Crippen LogP contribution in [0.4, 0.5) is 10.5 Å². The summed E-state index contributed by atoms with van der Waals surface area (Å²) in [5.41, 5.74) is 4.54. The minimum absolute atomic E-state index is 0.222. The monoisotopic (exact) mass is 441 g/mol. The molecule has 1 aromatic heterocycles. The first kappa shape index (κ1) is 22.2. The van der Waals surface area contributed by atoms with E-state index >= 15 is 0 Å². The van der Waals surface area contributed by atoms with Crippen molar-refractivity contribution in [3.05, 3.63) is 76.1 Å². The van der Waals surface area contributed by atoms with Crippen molar-refractivity contribution in [1.29, 1.82) is 0 Å². The number of carbonyl (C=O) groups excluding carboxylic acids is 2. The summed E-state index contributed by atoms with van der Waals surface area (Å²) >= 11 is 6.00. The number of methoxy groups -OCH3 is 2. The Bertz CT molecular complexity index is 1110. The number of hydrogen-bond acceptors (Lipinski definition) is 4. The van der Waals surface area contributed by atoms with Crippen molar-refractivity contribution in [1.82, 2.24) is 9.88 Å². The second kappa shape index (κ2) is 9.57. The minimum atomic E-state index is -0.560. The molecule has 0 bridgehead atoms. The molecule has 0 spiro atoms. The van der Waals surface area contributed by atoms with E-state index in [2.05, 4.69) is 15.2 Å². The summed E-state index contributed by atoms with van der Waals surface area (Å²) in [4.78, 5) is 24.4. The van der Waals surface area contributed by atoms with Crippen molar-refractivity contribution < 1.29 is 19.1 Å². The van der Waals surface area contributed by atoms with Gasteiger partial charge in [-0.05, 0) is 67.9 Å². The Kier molecular flexibility index (Phi) is 6.87. The molecule has 0 aliphatic heterocycles. The molecule has 7 nitrogen and oxygen atoms in total. The summed E-state index contributed by atoms with van der Waals surface area (Å²) in [7, 11) is 2.91. The number of rotatable bonds is 6. The van der Waals surface area contributed by atoms with E-state index in [1.54, 1.807) is 13.2 Å². The zero-order valence-electron chi connectivity index (χ0n) is 17.8. The van der Waals surface area contributed by atoms with Crippen molar-refractivity contribution in [2.24, 2.45) is 0 Å². The second-order valence-electron chi connectivity index (χ2n) is 6.92.